The Kier molecular flexibility index (Phi) is 3.98. The SMILES string of the molecule is Cc1c(Cl)c(C(N)C2CCCCC2)cc2c1NC(=O)C2C. The minimum absolute atomic E-state index is 0.0234. The summed E-state index contributed by atoms with van der Waals surface area (Å²) in [6, 6.07) is 2.04. The van der Waals surface area contributed by atoms with E-state index in [0.29, 0.717) is 5.92 Å². The molecular formula is C17H23ClN2O. The number of nitrogens with two attached hydrogens (primary N) is 1. The van der Waals surface area contributed by atoms with Gasteiger partial charge in [-0.2, -0.15) is 0 Å². The van der Waals surface area contributed by atoms with E-state index in [1.165, 1.54) is 32.1 Å². The molecule has 21 heavy (non-hydrogen) atoms. The van der Waals surface area contributed by atoms with Gasteiger partial charge in [0.2, 0.25) is 5.91 Å². The van der Waals surface area contributed by atoms with Gasteiger partial charge in [0.25, 0.3) is 0 Å². The number of carbonyl (C=O) groups is 1. The van der Waals surface area contributed by atoms with Gasteiger partial charge in [-0.25, -0.2) is 0 Å². The van der Waals surface area contributed by atoms with Gasteiger partial charge < -0.3 is 11.1 Å². The number of benzene rings is 1. The van der Waals surface area contributed by atoms with Gasteiger partial charge >= 0.3 is 0 Å². The molecule has 114 valence electrons. The highest BCUT2D eigenvalue weighted by molar-refractivity contribution is 6.33. The van der Waals surface area contributed by atoms with Crippen LogP contribution in [-0.2, 0) is 4.79 Å². The van der Waals surface area contributed by atoms with Gasteiger partial charge in [0.1, 0.15) is 0 Å². The zero-order valence-corrected chi connectivity index (χ0v) is 13.5. The van der Waals surface area contributed by atoms with Gasteiger partial charge in [-0.05, 0) is 55.4 Å². The molecule has 0 radical (unpaired) electrons. The topological polar surface area (TPSA) is 55.1 Å². The Bertz CT molecular complexity index is 579. The zero-order chi connectivity index (χ0) is 15.1. The van der Waals surface area contributed by atoms with Gasteiger partial charge in [-0.1, -0.05) is 30.9 Å². The lowest BCUT2D eigenvalue weighted by Crippen LogP contribution is -2.24. The van der Waals surface area contributed by atoms with E-state index in [1.807, 2.05) is 13.8 Å². The Labute approximate surface area is 131 Å². The Morgan fingerprint density at radius 3 is 2.67 bits per heavy atom. The Morgan fingerprint density at radius 1 is 1.33 bits per heavy atom. The smallest absolute Gasteiger partial charge is 0.231 e. The van der Waals surface area contributed by atoms with Crippen LogP contribution in [0.1, 0.15) is 67.7 Å². The van der Waals surface area contributed by atoms with Crippen molar-refractivity contribution < 1.29 is 4.79 Å². The number of hydrogen-bond acceptors (Lipinski definition) is 2. The number of rotatable bonds is 2. The fourth-order valence-electron chi connectivity index (χ4n) is 3.72. The molecule has 1 aliphatic heterocycles. The van der Waals surface area contributed by atoms with Crippen molar-refractivity contribution in [3.8, 4) is 0 Å². The first kappa shape index (κ1) is 14.9. The van der Waals surface area contributed by atoms with E-state index in [0.717, 1.165) is 27.4 Å². The van der Waals surface area contributed by atoms with Gasteiger partial charge in [0.05, 0.1) is 10.9 Å². The molecule has 2 atom stereocenters. The van der Waals surface area contributed by atoms with Crippen LogP contribution in [0.15, 0.2) is 6.07 Å². The van der Waals surface area contributed by atoms with Crippen molar-refractivity contribution in [2.45, 2.75) is 57.9 Å². The predicted octanol–water partition coefficient (Wildman–Crippen LogP) is 4.28. The summed E-state index contributed by atoms with van der Waals surface area (Å²) in [5.41, 5.74) is 10.4. The number of fused-ring (bicyclic) bond motifs is 1. The molecule has 1 amide bonds. The van der Waals surface area contributed by atoms with Crippen LogP contribution in [0.5, 0.6) is 0 Å². The van der Waals surface area contributed by atoms with E-state index < -0.39 is 0 Å². The summed E-state index contributed by atoms with van der Waals surface area (Å²) in [6.07, 6.45) is 6.20. The van der Waals surface area contributed by atoms with Crippen LogP contribution in [-0.4, -0.2) is 5.91 Å². The molecule has 1 aliphatic carbocycles. The molecular weight excluding hydrogens is 284 g/mol. The van der Waals surface area contributed by atoms with Crippen molar-refractivity contribution in [1.82, 2.24) is 0 Å². The normalized spacial score (nSPS) is 23.8. The van der Waals surface area contributed by atoms with Gasteiger partial charge in [0, 0.05) is 11.7 Å². The molecule has 3 rings (SSSR count). The molecule has 0 saturated heterocycles. The van der Waals surface area contributed by atoms with E-state index in [4.69, 9.17) is 17.3 Å². The maximum atomic E-state index is 11.9. The Morgan fingerprint density at radius 2 is 2.00 bits per heavy atom. The van der Waals surface area contributed by atoms with E-state index >= 15 is 0 Å². The largest absolute Gasteiger partial charge is 0.325 e. The third-order valence-electron chi connectivity index (χ3n) is 5.18. The molecule has 1 fully saturated rings. The van der Waals surface area contributed by atoms with Crippen LogP contribution in [0, 0.1) is 12.8 Å². The van der Waals surface area contributed by atoms with Crippen molar-refractivity contribution in [3.63, 3.8) is 0 Å². The van der Waals surface area contributed by atoms with Gasteiger partial charge in [-0.15, -0.1) is 0 Å². The lowest BCUT2D eigenvalue weighted by molar-refractivity contribution is -0.116. The summed E-state index contributed by atoms with van der Waals surface area (Å²) < 4.78 is 0. The first-order chi connectivity index (χ1) is 10.0. The molecule has 2 unspecified atom stereocenters. The first-order valence-corrected chi connectivity index (χ1v) is 8.27. The summed E-state index contributed by atoms with van der Waals surface area (Å²) >= 11 is 6.56. The minimum atomic E-state index is -0.117. The van der Waals surface area contributed by atoms with Crippen molar-refractivity contribution >= 4 is 23.2 Å². The summed E-state index contributed by atoms with van der Waals surface area (Å²) in [6.45, 7) is 3.90. The number of halogens is 1. The first-order valence-electron chi connectivity index (χ1n) is 7.90. The molecule has 1 aromatic carbocycles. The molecule has 2 aliphatic rings. The second-order valence-electron chi connectivity index (χ2n) is 6.50. The maximum Gasteiger partial charge on any atom is 0.231 e. The van der Waals surface area contributed by atoms with E-state index in [1.54, 1.807) is 0 Å². The number of amides is 1. The van der Waals surface area contributed by atoms with Crippen LogP contribution < -0.4 is 11.1 Å². The van der Waals surface area contributed by atoms with E-state index in [2.05, 4.69) is 11.4 Å². The fourth-order valence-corrected chi connectivity index (χ4v) is 3.99. The molecule has 3 nitrogen and oxygen atoms in total. The number of anilines is 1. The number of nitrogens with one attached hydrogen (secondary N) is 1. The fraction of sp³-hybridized carbons (Fsp3) is 0.588. The summed E-state index contributed by atoms with van der Waals surface area (Å²) in [4.78, 5) is 11.9. The molecule has 0 aromatic heterocycles. The lowest BCUT2D eigenvalue weighted by atomic mass is 9.80. The highest BCUT2D eigenvalue weighted by Crippen LogP contribution is 2.43. The molecule has 0 bridgehead atoms. The van der Waals surface area contributed by atoms with Gasteiger partial charge in [-0.3, -0.25) is 4.79 Å². The molecule has 1 aromatic rings. The highest BCUT2D eigenvalue weighted by Gasteiger charge is 2.32. The molecule has 0 spiro atoms. The summed E-state index contributed by atoms with van der Waals surface area (Å²) in [7, 11) is 0. The molecule has 1 saturated carbocycles. The average molecular weight is 307 g/mol. The minimum Gasteiger partial charge on any atom is -0.325 e. The number of carbonyl (C=O) groups excluding carboxylic acids is 1. The molecule has 1 heterocycles. The summed E-state index contributed by atoms with van der Waals surface area (Å²) in [5, 5.41) is 3.66. The van der Waals surface area contributed by atoms with Crippen LogP contribution in [0.3, 0.4) is 0 Å². The van der Waals surface area contributed by atoms with E-state index in [-0.39, 0.29) is 17.9 Å². The second-order valence-corrected chi connectivity index (χ2v) is 6.88. The van der Waals surface area contributed by atoms with Crippen molar-refractivity contribution in [1.29, 1.82) is 0 Å². The lowest BCUT2D eigenvalue weighted by Gasteiger charge is -2.29. The second kappa shape index (κ2) is 5.62. The average Bonchev–Trinajstić information content (AvgIpc) is 2.79. The van der Waals surface area contributed by atoms with Crippen molar-refractivity contribution in [2.24, 2.45) is 11.7 Å². The third-order valence-corrected chi connectivity index (χ3v) is 5.68. The molecule has 3 N–H and O–H groups in total. The molecule has 4 heteroatoms. The van der Waals surface area contributed by atoms with Crippen LogP contribution >= 0.6 is 11.6 Å². The Hall–Kier alpha value is -1.06. The van der Waals surface area contributed by atoms with Crippen molar-refractivity contribution in [3.05, 3.63) is 27.8 Å². The standard InChI is InChI=1S/C17H23ClN2O/c1-9-12-8-13(15(19)11-6-4-3-5-7-11)14(18)10(2)16(12)20-17(9)21/h8-9,11,15H,3-7,19H2,1-2H3,(H,20,21). The quantitative estimate of drug-likeness (QED) is 0.856. The van der Waals surface area contributed by atoms with E-state index in [9.17, 15) is 4.79 Å². The predicted molar refractivity (Wildman–Crippen MR) is 86.7 cm³/mol. The summed E-state index contributed by atoms with van der Waals surface area (Å²) in [5.74, 6) is 0.440. The van der Waals surface area contributed by atoms with Crippen LogP contribution in [0.25, 0.3) is 0 Å². The number of hydrogen-bond donors (Lipinski definition) is 2. The third kappa shape index (κ3) is 2.47. The van der Waals surface area contributed by atoms with Crippen LogP contribution in [0.4, 0.5) is 5.69 Å². The van der Waals surface area contributed by atoms with Crippen LogP contribution in [0.2, 0.25) is 5.02 Å². The van der Waals surface area contributed by atoms with Crippen molar-refractivity contribution in [2.75, 3.05) is 5.32 Å². The maximum absolute atomic E-state index is 11.9. The monoisotopic (exact) mass is 306 g/mol. The highest BCUT2D eigenvalue weighted by atomic mass is 35.5. The zero-order valence-electron chi connectivity index (χ0n) is 12.7. The van der Waals surface area contributed by atoms with Gasteiger partial charge in [0.15, 0.2) is 0 Å². The Balaban J connectivity index is 2.00.